The molecule has 1 atom stereocenters. The zero-order valence-corrected chi connectivity index (χ0v) is 16.0. The number of rotatable bonds is 4. The highest BCUT2D eigenvalue weighted by molar-refractivity contribution is 9.10. The van der Waals surface area contributed by atoms with Crippen LogP contribution in [-0.4, -0.2) is 24.3 Å². The van der Waals surface area contributed by atoms with Gasteiger partial charge in [0.2, 0.25) is 11.8 Å². The Kier molecular flexibility index (Phi) is 5.27. The Morgan fingerprint density at radius 2 is 2.00 bits per heavy atom. The zero-order chi connectivity index (χ0) is 19.7. The standard InChI is InChI=1S/C19H17BrFN3O3/c1-10-6-13(3-4-15(10)20)24-9-11(7-17(24)25)19(27)23-12-2-5-16(21)14(8-12)18(22)26/h2-6,8,11H,7,9H2,1H3,(H2,22,26)(H,23,27). The maximum absolute atomic E-state index is 13.5. The number of benzene rings is 2. The number of anilines is 2. The molecule has 0 saturated carbocycles. The predicted octanol–water partition coefficient (Wildman–Crippen LogP) is 2.99. The van der Waals surface area contributed by atoms with Crippen LogP contribution in [0.1, 0.15) is 22.3 Å². The number of carbonyl (C=O) groups is 3. The van der Waals surface area contributed by atoms with E-state index in [2.05, 4.69) is 21.2 Å². The minimum Gasteiger partial charge on any atom is -0.366 e. The van der Waals surface area contributed by atoms with Gasteiger partial charge in [0.15, 0.2) is 0 Å². The molecule has 8 heteroatoms. The molecule has 1 aliphatic heterocycles. The van der Waals surface area contributed by atoms with Gasteiger partial charge in [-0.2, -0.15) is 0 Å². The van der Waals surface area contributed by atoms with E-state index in [1.165, 1.54) is 12.1 Å². The summed E-state index contributed by atoms with van der Waals surface area (Å²) >= 11 is 3.42. The number of carbonyl (C=O) groups excluding carboxylic acids is 3. The first kappa shape index (κ1) is 19.0. The number of halogens is 2. The molecule has 140 valence electrons. The van der Waals surface area contributed by atoms with Gasteiger partial charge in [0, 0.05) is 28.8 Å². The number of nitrogens with one attached hydrogen (secondary N) is 1. The molecule has 6 nitrogen and oxygen atoms in total. The van der Waals surface area contributed by atoms with Crippen molar-refractivity contribution in [3.8, 4) is 0 Å². The van der Waals surface area contributed by atoms with Crippen molar-refractivity contribution in [3.63, 3.8) is 0 Å². The number of aryl methyl sites for hydroxylation is 1. The third kappa shape index (κ3) is 4.00. The monoisotopic (exact) mass is 433 g/mol. The number of hydrogen-bond acceptors (Lipinski definition) is 3. The maximum Gasteiger partial charge on any atom is 0.251 e. The van der Waals surface area contributed by atoms with E-state index >= 15 is 0 Å². The average Bonchev–Trinajstić information content (AvgIpc) is 3.00. The number of nitrogens with two attached hydrogens (primary N) is 1. The first-order chi connectivity index (χ1) is 12.8. The van der Waals surface area contributed by atoms with Crippen LogP contribution in [0.5, 0.6) is 0 Å². The van der Waals surface area contributed by atoms with Crippen LogP contribution in [0, 0.1) is 18.7 Å². The fourth-order valence-corrected chi connectivity index (χ4v) is 3.21. The molecular formula is C19H17BrFN3O3. The molecule has 2 aromatic rings. The van der Waals surface area contributed by atoms with Gasteiger partial charge in [-0.25, -0.2) is 4.39 Å². The highest BCUT2D eigenvalue weighted by Crippen LogP contribution is 2.29. The Morgan fingerprint density at radius 1 is 1.26 bits per heavy atom. The van der Waals surface area contributed by atoms with Gasteiger partial charge in [-0.15, -0.1) is 0 Å². The smallest absolute Gasteiger partial charge is 0.251 e. The lowest BCUT2D eigenvalue weighted by Crippen LogP contribution is -2.28. The van der Waals surface area contributed by atoms with Crippen LogP contribution < -0.4 is 16.0 Å². The van der Waals surface area contributed by atoms with E-state index in [0.717, 1.165) is 21.8 Å². The van der Waals surface area contributed by atoms with Crippen LogP contribution in [0.4, 0.5) is 15.8 Å². The van der Waals surface area contributed by atoms with E-state index in [9.17, 15) is 18.8 Å². The molecule has 1 unspecified atom stereocenters. The van der Waals surface area contributed by atoms with Gasteiger partial charge in [0.25, 0.3) is 5.91 Å². The van der Waals surface area contributed by atoms with Crippen molar-refractivity contribution in [1.82, 2.24) is 0 Å². The lowest BCUT2D eigenvalue weighted by Gasteiger charge is -2.18. The largest absolute Gasteiger partial charge is 0.366 e. The molecule has 0 aliphatic carbocycles. The van der Waals surface area contributed by atoms with Gasteiger partial charge in [-0.05, 0) is 48.9 Å². The summed E-state index contributed by atoms with van der Waals surface area (Å²) in [6, 6.07) is 9.13. The fraction of sp³-hybridized carbons (Fsp3) is 0.211. The molecule has 1 heterocycles. The van der Waals surface area contributed by atoms with E-state index in [4.69, 9.17) is 5.73 Å². The second kappa shape index (κ2) is 7.48. The highest BCUT2D eigenvalue weighted by Gasteiger charge is 2.35. The van der Waals surface area contributed by atoms with Gasteiger partial charge in [-0.3, -0.25) is 14.4 Å². The summed E-state index contributed by atoms with van der Waals surface area (Å²) in [5.74, 6) is -2.75. The van der Waals surface area contributed by atoms with Crippen LogP contribution in [0.15, 0.2) is 40.9 Å². The average molecular weight is 434 g/mol. The van der Waals surface area contributed by atoms with Crippen LogP contribution in [0.2, 0.25) is 0 Å². The van der Waals surface area contributed by atoms with E-state index in [0.29, 0.717) is 0 Å². The molecule has 1 saturated heterocycles. The first-order valence-corrected chi connectivity index (χ1v) is 9.02. The molecule has 0 bridgehead atoms. The summed E-state index contributed by atoms with van der Waals surface area (Å²) in [5, 5.41) is 2.62. The van der Waals surface area contributed by atoms with Crippen molar-refractivity contribution in [3.05, 3.63) is 57.8 Å². The molecule has 3 rings (SSSR count). The van der Waals surface area contributed by atoms with Crippen molar-refractivity contribution in [2.75, 3.05) is 16.8 Å². The van der Waals surface area contributed by atoms with Crippen LogP contribution in [-0.2, 0) is 9.59 Å². The van der Waals surface area contributed by atoms with Crippen molar-refractivity contribution in [2.24, 2.45) is 11.7 Å². The first-order valence-electron chi connectivity index (χ1n) is 8.23. The van der Waals surface area contributed by atoms with Crippen LogP contribution >= 0.6 is 15.9 Å². The van der Waals surface area contributed by atoms with Gasteiger partial charge < -0.3 is 16.0 Å². The van der Waals surface area contributed by atoms with Gasteiger partial charge in [0.1, 0.15) is 5.82 Å². The van der Waals surface area contributed by atoms with E-state index in [1.54, 1.807) is 4.90 Å². The van der Waals surface area contributed by atoms with Gasteiger partial charge >= 0.3 is 0 Å². The topological polar surface area (TPSA) is 92.5 Å². The quantitative estimate of drug-likeness (QED) is 0.775. The molecule has 3 amide bonds. The Bertz CT molecular complexity index is 948. The van der Waals surface area contributed by atoms with E-state index in [1.807, 2.05) is 25.1 Å². The number of primary amides is 1. The van der Waals surface area contributed by atoms with Crippen molar-refractivity contribution < 1.29 is 18.8 Å². The minimum atomic E-state index is -0.920. The Labute approximate surface area is 163 Å². The van der Waals surface area contributed by atoms with E-state index < -0.39 is 17.6 Å². The molecule has 0 radical (unpaired) electrons. The van der Waals surface area contributed by atoms with Crippen molar-refractivity contribution in [2.45, 2.75) is 13.3 Å². The summed E-state index contributed by atoms with van der Waals surface area (Å²) in [5.41, 5.74) is 6.78. The van der Waals surface area contributed by atoms with Crippen molar-refractivity contribution >= 4 is 45.0 Å². The molecule has 0 aromatic heterocycles. The summed E-state index contributed by atoms with van der Waals surface area (Å²) in [6.07, 6.45) is 0.0742. The normalized spacial score (nSPS) is 16.5. The number of nitrogens with zero attached hydrogens (tertiary/aromatic N) is 1. The second-order valence-corrected chi connectivity index (χ2v) is 7.24. The lowest BCUT2D eigenvalue weighted by atomic mass is 10.1. The third-order valence-electron chi connectivity index (χ3n) is 4.45. The molecular weight excluding hydrogens is 417 g/mol. The Morgan fingerprint density at radius 3 is 2.67 bits per heavy atom. The molecule has 27 heavy (non-hydrogen) atoms. The Hall–Kier alpha value is -2.74. The maximum atomic E-state index is 13.5. The summed E-state index contributed by atoms with van der Waals surface area (Å²) in [6.45, 7) is 2.17. The summed E-state index contributed by atoms with van der Waals surface area (Å²) < 4.78 is 14.5. The molecule has 3 N–H and O–H groups in total. The highest BCUT2D eigenvalue weighted by atomic mass is 79.9. The van der Waals surface area contributed by atoms with Crippen molar-refractivity contribution in [1.29, 1.82) is 0 Å². The minimum absolute atomic E-state index is 0.0742. The predicted molar refractivity (Wildman–Crippen MR) is 103 cm³/mol. The van der Waals surface area contributed by atoms with E-state index in [-0.39, 0.29) is 36.0 Å². The van der Waals surface area contributed by atoms with Crippen LogP contribution in [0.3, 0.4) is 0 Å². The molecule has 2 aromatic carbocycles. The van der Waals surface area contributed by atoms with Crippen LogP contribution in [0.25, 0.3) is 0 Å². The molecule has 1 fully saturated rings. The van der Waals surface area contributed by atoms with Gasteiger partial charge in [0.05, 0.1) is 11.5 Å². The lowest BCUT2D eigenvalue weighted by molar-refractivity contribution is -0.122. The second-order valence-electron chi connectivity index (χ2n) is 6.39. The SMILES string of the molecule is Cc1cc(N2CC(C(=O)Nc3ccc(F)c(C(N)=O)c3)CC2=O)ccc1Br. The molecule has 1 aliphatic rings. The summed E-state index contributed by atoms with van der Waals surface area (Å²) in [7, 11) is 0. The summed E-state index contributed by atoms with van der Waals surface area (Å²) in [4.78, 5) is 37.7. The molecule has 0 spiro atoms. The third-order valence-corrected chi connectivity index (χ3v) is 5.34. The zero-order valence-electron chi connectivity index (χ0n) is 14.5. The Balaban J connectivity index is 1.73. The number of hydrogen-bond donors (Lipinski definition) is 2. The number of amides is 3. The fourth-order valence-electron chi connectivity index (χ4n) is 2.97. The van der Waals surface area contributed by atoms with Gasteiger partial charge in [-0.1, -0.05) is 15.9 Å².